The van der Waals surface area contributed by atoms with Crippen molar-refractivity contribution in [3.8, 4) is 0 Å². The van der Waals surface area contributed by atoms with Gasteiger partial charge in [-0.2, -0.15) is 0 Å². The Hall–Kier alpha value is -0.730. The van der Waals surface area contributed by atoms with Crippen LogP contribution in [0, 0.1) is 17.3 Å². The molecule has 0 aromatic heterocycles. The summed E-state index contributed by atoms with van der Waals surface area (Å²) < 4.78 is 0. The zero-order chi connectivity index (χ0) is 13.6. The van der Waals surface area contributed by atoms with Crippen molar-refractivity contribution in [2.75, 3.05) is 0 Å². The highest BCUT2D eigenvalue weighted by Crippen LogP contribution is 2.57. The van der Waals surface area contributed by atoms with Crippen molar-refractivity contribution in [3.05, 3.63) is 33.8 Å². The fraction of sp³-hybridized carbons (Fsp3) is 0.533. The van der Waals surface area contributed by atoms with E-state index in [9.17, 15) is 9.90 Å². The Bertz CT molecular complexity index is 529. The average molecular weight is 299 g/mol. The first-order chi connectivity index (χ1) is 9.03. The molecule has 0 spiro atoms. The second-order valence-electron chi connectivity index (χ2n) is 5.93. The van der Waals surface area contributed by atoms with Crippen LogP contribution in [0.5, 0.6) is 0 Å². The van der Waals surface area contributed by atoms with Crippen molar-refractivity contribution in [3.63, 3.8) is 0 Å². The third-order valence-corrected chi connectivity index (χ3v) is 5.80. The van der Waals surface area contributed by atoms with Crippen LogP contribution in [0.15, 0.2) is 18.2 Å². The SMILES string of the molecule is O=C(O)C1(Cc2cccc(Cl)c2Cl)CC2CCC1C2. The normalized spacial score (nSPS) is 32.7. The summed E-state index contributed by atoms with van der Waals surface area (Å²) in [6.07, 6.45) is 4.57. The smallest absolute Gasteiger partial charge is 0.310 e. The zero-order valence-electron chi connectivity index (χ0n) is 10.5. The van der Waals surface area contributed by atoms with Crippen molar-refractivity contribution in [2.45, 2.75) is 32.1 Å². The van der Waals surface area contributed by atoms with E-state index in [0.717, 1.165) is 24.8 Å². The fourth-order valence-electron chi connectivity index (χ4n) is 4.02. The first-order valence-electron chi connectivity index (χ1n) is 6.69. The van der Waals surface area contributed by atoms with Gasteiger partial charge in [-0.15, -0.1) is 0 Å². The summed E-state index contributed by atoms with van der Waals surface area (Å²) in [5.41, 5.74) is 0.237. The van der Waals surface area contributed by atoms with Gasteiger partial charge in [0.2, 0.25) is 0 Å². The highest BCUT2D eigenvalue weighted by molar-refractivity contribution is 6.42. The van der Waals surface area contributed by atoms with Gasteiger partial charge in [-0.05, 0) is 49.1 Å². The Kier molecular flexibility index (Phi) is 3.26. The minimum atomic E-state index is -0.671. The fourth-order valence-corrected chi connectivity index (χ4v) is 4.41. The summed E-state index contributed by atoms with van der Waals surface area (Å²) in [4.78, 5) is 11.8. The Morgan fingerprint density at radius 3 is 2.74 bits per heavy atom. The molecule has 102 valence electrons. The lowest BCUT2D eigenvalue weighted by atomic mass is 9.69. The molecule has 0 saturated heterocycles. The number of carboxylic acid groups (broad SMARTS) is 1. The van der Waals surface area contributed by atoms with E-state index in [2.05, 4.69) is 0 Å². The van der Waals surface area contributed by atoms with E-state index in [1.54, 1.807) is 6.07 Å². The standard InChI is InChI=1S/C15H16Cl2O2/c16-12-3-1-2-10(13(12)17)8-15(14(18)19)7-9-4-5-11(15)6-9/h1-3,9,11H,4-8H2,(H,18,19). The van der Waals surface area contributed by atoms with Crippen LogP contribution in [0.2, 0.25) is 10.0 Å². The quantitative estimate of drug-likeness (QED) is 0.896. The number of aliphatic carboxylic acids is 1. The number of rotatable bonds is 3. The van der Waals surface area contributed by atoms with Gasteiger partial charge in [0.25, 0.3) is 0 Å². The Morgan fingerprint density at radius 1 is 1.37 bits per heavy atom. The maximum Gasteiger partial charge on any atom is 0.310 e. The molecule has 3 unspecified atom stereocenters. The molecule has 0 aliphatic heterocycles. The third-order valence-electron chi connectivity index (χ3n) is 4.94. The van der Waals surface area contributed by atoms with Gasteiger partial charge in [0.15, 0.2) is 0 Å². The van der Waals surface area contributed by atoms with Crippen LogP contribution in [-0.2, 0) is 11.2 Å². The summed E-state index contributed by atoms with van der Waals surface area (Å²) in [7, 11) is 0. The molecule has 19 heavy (non-hydrogen) atoms. The summed E-state index contributed by atoms with van der Waals surface area (Å²) in [6, 6.07) is 5.47. The summed E-state index contributed by atoms with van der Waals surface area (Å²) in [5.74, 6) is 0.208. The van der Waals surface area contributed by atoms with E-state index in [-0.39, 0.29) is 0 Å². The topological polar surface area (TPSA) is 37.3 Å². The number of halogens is 2. The van der Waals surface area contributed by atoms with Crippen LogP contribution in [0.3, 0.4) is 0 Å². The summed E-state index contributed by atoms with van der Waals surface area (Å²) in [6.45, 7) is 0. The average Bonchev–Trinajstić information content (AvgIpc) is 2.96. The maximum absolute atomic E-state index is 11.8. The summed E-state index contributed by atoms with van der Waals surface area (Å²) in [5, 5.41) is 10.7. The van der Waals surface area contributed by atoms with Gasteiger partial charge in [0.1, 0.15) is 0 Å². The molecule has 1 aromatic rings. The summed E-state index contributed by atoms with van der Waals surface area (Å²) >= 11 is 12.2. The van der Waals surface area contributed by atoms with E-state index in [1.807, 2.05) is 12.1 Å². The highest BCUT2D eigenvalue weighted by atomic mass is 35.5. The molecule has 2 aliphatic rings. The maximum atomic E-state index is 11.8. The number of carbonyl (C=O) groups is 1. The van der Waals surface area contributed by atoms with E-state index < -0.39 is 11.4 Å². The first-order valence-corrected chi connectivity index (χ1v) is 7.45. The lowest BCUT2D eigenvalue weighted by Gasteiger charge is -2.34. The highest BCUT2D eigenvalue weighted by Gasteiger charge is 2.55. The molecule has 2 fully saturated rings. The van der Waals surface area contributed by atoms with Crippen LogP contribution in [-0.4, -0.2) is 11.1 Å². The predicted octanol–water partition coefficient (Wildman–Crippen LogP) is 4.43. The minimum absolute atomic E-state index is 0.296. The number of hydrogen-bond acceptors (Lipinski definition) is 1. The first kappa shape index (κ1) is 13.3. The second-order valence-corrected chi connectivity index (χ2v) is 6.72. The predicted molar refractivity (Wildman–Crippen MR) is 75.7 cm³/mol. The van der Waals surface area contributed by atoms with E-state index in [1.165, 1.54) is 6.42 Å². The van der Waals surface area contributed by atoms with Crippen LogP contribution in [0.4, 0.5) is 0 Å². The molecule has 0 heterocycles. The van der Waals surface area contributed by atoms with Crippen LogP contribution < -0.4 is 0 Å². The molecule has 2 saturated carbocycles. The van der Waals surface area contributed by atoms with Crippen LogP contribution in [0.1, 0.15) is 31.2 Å². The van der Waals surface area contributed by atoms with Gasteiger partial charge in [0.05, 0.1) is 15.5 Å². The molecule has 1 aromatic carbocycles. The lowest BCUT2D eigenvalue weighted by Crippen LogP contribution is -2.38. The number of hydrogen-bond donors (Lipinski definition) is 1. The molecular formula is C15H16Cl2O2. The van der Waals surface area contributed by atoms with Gasteiger partial charge in [-0.3, -0.25) is 4.79 Å². The van der Waals surface area contributed by atoms with E-state index in [4.69, 9.17) is 23.2 Å². The zero-order valence-corrected chi connectivity index (χ0v) is 12.0. The molecule has 0 amide bonds. The van der Waals surface area contributed by atoms with Crippen molar-refractivity contribution in [1.29, 1.82) is 0 Å². The van der Waals surface area contributed by atoms with Gasteiger partial charge in [-0.1, -0.05) is 41.8 Å². The monoisotopic (exact) mass is 298 g/mol. The Morgan fingerprint density at radius 2 is 2.16 bits per heavy atom. The van der Waals surface area contributed by atoms with E-state index >= 15 is 0 Å². The molecule has 2 nitrogen and oxygen atoms in total. The van der Waals surface area contributed by atoms with Crippen molar-refractivity contribution in [2.24, 2.45) is 17.3 Å². The number of carboxylic acids is 1. The molecule has 1 N–H and O–H groups in total. The van der Waals surface area contributed by atoms with Gasteiger partial charge < -0.3 is 5.11 Å². The molecular weight excluding hydrogens is 283 g/mol. The molecule has 3 atom stereocenters. The number of benzene rings is 1. The molecule has 2 bridgehead atoms. The van der Waals surface area contributed by atoms with Crippen molar-refractivity contribution in [1.82, 2.24) is 0 Å². The lowest BCUT2D eigenvalue weighted by molar-refractivity contribution is -0.152. The van der Waals surface area contributed by atoms with Crippen LogP contribution >= 0.6 is 23.2 Å². The second kappa shape index (κ2) is 4.68. The minimum Gasteiger partial charge on any atom is -0.481 e. The molecule has 0 radical (unpaired) electrons. The van der Waals surface area contributed by atoms with Gasteiger partial charge in [0, 0.05) is 0 Å². The number of fused-ring (bicyclic) bond motifs is 2. The molecule has 3 rings (SSSR count). The molecule has 2 aliphatic carbocycles. The largest absolute Gasteiger partial charge is 0.481 e. The van der Waals surface area contributed by atoms with Crippen LogP contribution in [0.25, 0.3) is 0 Å². The van der Waals surface area contributed by atoms with Gasteiger partial charge >= 0.3 is 5.97 Å². The van der Waals surface area contributed by atoms with Crippen molar-refractivity contribution >= 4 is 29.2 Å². The van der Waals surface area contributed by atoms with Gasteiger partial charge in [-0.25, -0.2) is 0 Å². The Labute approximate surface area is 122 Å². The Balaban J connectivity index is 1.95. The molecule has 4 heteroatoms. The van der Waals surface area contributed by atoms with Crippen molar-refractivity contribution < 1.29 is 9.90 Å². The van der Waals surface area contributed by atoms with E-state index in [0.29, 0.717) is 28.3 Å². The third kappa shape index (κ3) is 2.05.